The Kier molecular flexibility index (Phi) is 3.48. The molecule has 2 nitrogen and oxygen atoms in total. The van der Waals surface area contributed by atoms with Crippen LogP contribution in [0, 0.1) is 3.57 Å². The maximum Gasteiger partial charge on any atom is 0.107 e. The highest BCUT2D eigenvalue weighted by molar-refractivity contribution is 14.1. The molecule has 1 atom stereocenters. The number of rotatable bonds is 2. The first-order valence-corrected chi connectivity index (χ1v) is 6.31. The van der Waals surface area contributed by atoms with E-state index in [0.717, 1.165) is 19.2 Å². The third-order valence-electron chi connectivity index (χ3n) is 2.19. The number of aliphatic hydroxyl groups is 1. The first-order valence-electron chi connectivity index (χ1n) is 4.44. The highest BCUT2D eigenvalue weighted by Gasteiger charge is 2.14. The lowest BCUT2D eigenvalue weighted by atomic mass is 10.0. The summed E-state index contributed by atoms with van der Waals surface area (Å²) in [5.74, 6) is 0. The summed E-state index contributed by atoms with van der Waals surface area (Å²) in [6.45, 7) is 0. The number of H-pyrrole nitrogens is 1. The van der Waals surface area contributed by atoms with Crippen LogP contribution in [0.5, 0.6) is 0 Å². The number of hydrogen-bond acceptors (Lipinski definition) is 1. The molecule has 2 rings (SSSR count). The standard InChI is InChI=1S/C11H9BrINO/c12-10-2-1-8(13)5-9(10)11(15)7-3-4-14-6-7/h1-6,11,14-15H. The van der Waals surface area contributed by atoms with Gasteiger partial charge in [-0.1, -0.05) is 15.9 Å². The van der Waals surface area contributed by atoms with Crippen LogP contribution < -0.4 is 0 Å². The second-order valence-corrected chi connectivity index (χ2v) is 5.31. The zero-order valence-electron chi connectivity index (χ0n) is 7.74. The largest absolute Gasteiger partial charge is 0.384 e. The van der Waals surface area contributed by atoms with E-state index < -0.39 is 6.10 Å². The summed E-state index contributed by atoms with van der Waals surface area (Å²) in [7, 11) is 0. The molecule has 78 valence electrons. The van der Waals surface area contributed by atoms with Crippen molar-refractivity contribution >= 4 is 38.5 Å². The Morgan fingerprint density at radius 3 is 2.80 bits per heavy atom. The Hall–Kier alpha value is -0.330. The second kappa shape index (κ2) is 4.67. The Balaban J connectivity index is 2.41. The highest BCUT2D eigenvalue weighted by atomic mass is 127. The fourth-order valence-electron chi connectivity index (χ4n) is 1.41. The molecule has 0 aliphatic heterocycles. The van der Waals surface area contributed by atoms with E-state index in [1.165, 1.54) is 0 Å². The molecular formula is C11H9BrINO. The van der Waals surface area contributed by atoms with Crippen LogP contribution in [0.4, 0.5) is 0 Å². The molecule has 0 saturated carbocycles. The zero-order chi connectivity index (χ0) is 10.8. The minimum absolute atomic E-state index is 0.583. The molecule has 4 heteroatoms. The summed E-state index contributed by atoms with van der Waals surface area (Å²) in [6, 6.07) is 7.80. The highest BCUT2D eigenvalue weighted by Crippen LogP contribution is 2.29. The van der Waals surface area contributed by atoms with E-state index in [2.05, 4.69) is 43.5 Å². The maximum atomic E-state index is 10.1. The zero-order valence-corrected chi connectivity index (χ0v) is 11.5. The van der Waals surface area contributed by atoms with Gasteiger partial charge in [0, 0.05) is 31.6 Å². The van der Waals surface area contributed by atoms with E-state index >= 15 is 0 Å². The lowest BCUT2D eigenvalue weighted by Gasteiger charge is -2.11. The summed E-state index contributed by atoms with van der Waals surface area (Å²) >= 11 is 5.68. The molecule has 0 bridgehead atoms. The first-order chi connectivity index (χ1) is 7.18. The average molecular weight is 378 g/mol. The average Bonchev–Trinajstić information content (AvgIpc) is 2.74. The molecule has 2 aromatic rings. The van der Waals surface area contributed by atoms with Crippen LogP contribution in [-0.2, 0) is 0 Å². The van der Waals surface area contributed by atoms with Crippen LogP contribution in [0.3, 0.4) is 0 Å². The van der Waals surface area contributed by atoms with Gasteiger partial charge in [0.05, 0.1) is 0 Å². The quantitative estimate of drug-likeness (QED) is 0.772. The van der Waals surface area contributed by atoms with Gasteiger partial charge in [-0.25, -0.2) is 0 Å². The molecule has 0 amide bonds. The number of benzene rings is 1. The van der Waals surface area contributed by atoms with E-state index in [1.807, 2.05) is 24.3 Å². The van der Waals surface area contributed by atoms with Gasteiger partial charge in [0.25, 0.3) is 0 Å². The molecule has 15 heavy (non-hydrogen) atoms. The fraction of sp³-hybridized carbons (Fsp3) is 0.0909. The van der Waals surface area contributed by atoms with Crippen LogP contribution >= 0.6 is 38.5 Å². The van der Waals surface area contributed by atoms with Crippen molar-refractivity contribution < 1.29 is 5.11 Å². The number of hydrogen-bond donors (Lipinski definition) is 2. The van der Waals surface area contributed by atoms with Crippen molar-refractivity contribution in [3.63, 3.8) is 0 Å². The Bertz CT molecular complexity index is 456. The number of aliphatic hydroxyl groups excluding tert-OH is 1. The number of aromatic nitrogens is 1. The third-order valence-corrected chi connectivity index (χ3v) is 3.58. The molecule has 0 fully saturated rings. The van der Waals surface area contributed by atoms with Crippen molar-refractivity contribution in [3.8, 4) is 0 Å². The Labute approximate surface area is 110 Å². The SMILES string of the molecule is OC(c1cc[nH]c1)c1cc(I)ccc1Br. The lowest BCUT2D eigenvalue weighted by molar-refractivity contribution is 0.219. The van der Waals surface area contributed by atoms with Crippen molar-refractivity contribution in [1.82, 2.24) is 4.98 Å². The second-order valence-electron chi connectivity index (χ2n) is 3.21. The predicted molar refractivity (Wildman–Crippen MR) is 71.7 cm³/mol. The van der Waals surface area contributed by atoms with Gasteiger partial charge >= 0.3 is 0 Å². The lowest BCUT2D eigenvalue weighted by Crippen LogP contribution is -1.99. The van der Waals surface area contributed by atoms with Crippen LogP contribution in [0.15, 0.2) is 41.1 Å². The summed E-state index contributed by atoms with van der Waals surface area (Å²) in [6.07, 6.45) is 3.03. The van der Waals surface area contributed by atoms with E-state index in [-0.39, 0.29) is 0 Å². The van der Waals surface area contributed by atoms with Gasteiger partial charge in [0.1, 0.15) is 6.10 Å². The Morgan fingerprint density at radius 1 is 1.33 bits per heavy atom. The fourth-order valence-corrected chi connectivity index (χ4v) is 2.39. The smallest absolute Gasteiger partial charge is 0.107 e. The van der Waals surface area contributed by atoms with Crippen molar-refractivity contribution in [2.24, 2.45) is 0 Å². The van der Waals surface area contributed by atoms with Gasteiger partial charge < -0.3 is 10.1 Å². The number of nitrogens with one attached hydrogen (secondary N) is 1. The van der Waals surface area contributed by atoms with Gasteiger partial charge in [-0.3, -0.25) is 0 Å². The monoisotopic (exact) mass is 377 g/mol. The van der Waals surface area contributed by atoms with Crippen molar-refractivity contribution in [3.05, 3.63) is 55.8 Å². The van der Waals surface area contributed by atoms with E-state index in [1.54, 1.807) is 12.4 Å². The van der Waals surface area contributed by atoms with Gasteiger partial charge in [0.2, 0.25) is 0 Å². The minimum atomic E-state index is -0.583. The summed E-state index contributed by atoms with van der Waals surface area (Å²) < 4.78 is 2.04. The van der Waals surface area contributed by atoms with E-state index in [0.29, 0.717) is 0 Å². The molecule has 2 N–H and O–H groups in total. The molecular weight excluding hydrogens is 369 g/mol. The predicted octanol–water partition coefficient (Wildman–Crippen LogP) is 3.46. The van der Waals surface area contributed by atoms with Gasteiger partial charge in [-0.2, -0.15) is 0 Å². The third kappa shape index (κ3) is 2.43. The molecule has 0 aliphatic rings. The molecule has 1 aromatic carbocycles. The van der Waals surface area contributed by atoms with Crippen LogP contribution in [0.25, 0.3) is 0 Å². The normalized spacial score (nSPS) is 12.7. The van der Waals surface area contributed by atoms with Gasteiger partial charge in [0.15, 0.2) is 0 Å². The van der Waals surface area contributed by atoms with Crippen LogP contribution in [-0.4, -0.2) is 10.1 Å². The summed E-state index contributed by atoms with van der Waals surface area (Å²) in [5.41, 5.74) is 1.76. The molecule has 1 aromatic heterocycles. The summed E-state index contributed by atoms with van der Waals surface area (Å²) in [5, 5.41) is 10.1. The van der Waals surface area contributed by atoms with E-state index in [4.69, 9.17) is 0 Å². The minimum Gasteiger partial charge on any atom is -0.384 e. The maximum absolute atomic E-state index is 10.1. The molecule has 0 spiro atoms. The first kappa shape index (κ1) is 11.2. The summed E-state index contributed by atoms with van der Waals surface area (Å²) in [4.78, 5) is 2.94. The van der Waals surface area contributed by atoms with Crippen molar-refractivity contribution in [2.75, 3.05) is 0 Å². The Morgan fingerprint density at radius 2 is 2.13 bits per heavy atom. The van der Waals surface area contributed by atoms with Crippen molar-refractivity contribution in [1.29, 1.82) is 0 Å². The molecule has 1 heterocycles. The molecule has 0 saturated heterocycles. The van der Waals surface area contributed by atoms with Crippen molar-refractivity contribution in [2.45, 2.75) is 6.10 Å². The molecule has 0 aliphatic carbocycles. The van der Waals surface area contributed by atoms with Gasteiger partial charge in [-0.15, -0.1) is 0 Å². The number of halogens is 2. The topological polar surface area (TPSA) is 36.0 Å². The molecule has 0 radical (unpaired) electrons. The van der Waals surface area contributed by atoms with Crippen LogP contribution in [0.1, 0.15) is 17.2 Å². The van der Waals surface area contributed by atoms with Gasteiger partial charge in [-0.05, 0) is 46.9 Å². The van der Waals surface area contributed by atoms with E-state index in [9.17, 15) is 5.11 Å². The molecule has 1 unspecified atom stereocenters. The number of aromatic amines is 1. The van der Waals surface area contributed by atoms with Crippen LogP contribution in [0.2, 0.25) is 0 Å².